The molecule has 1 N–H and O–H groups in total. The molecular formula is C11H13N3S. The molecule has 0 aliphatic carbocycles. The van der Waals surface area contributed by atoms with E-state index in [9.17, 15) is 0 Å². The predicted octanol–water partition coefficient (Wildman–Crippen LogP) is 3.02. The van der Waals surface area contributed by atoms with Gasteiger partial charge in [-0.2, -0.15) is 0 Å². The third-order valence-corrected chi connectivity index (χ3v) is 3.17. The highest BCUT2D eigenvalue weighted by atomic mass is 32.1. The molecule has 0 aliphatic heterocycles. The lowest BCUT2D eigenvalue weighted by molar-refractivity contribution is 0.867. The number of anilines is 1. The summed E-state index contributed by atoms with van der Waals surface area (Å²) in [6, 6.07) is 2.23. The number of aromatic nitrogens is 2. The van der Waals surface area contributed by atoms with Crippen LogP contribution in [0.5, 0.6) is 0 Å². The van der Waals surface area contributed by atoms with Crippen LogP contribution in [0.3, 0.4) is 0 Å². The van der Waals surface area contributed by atoms with Gasteiger partial charge in [-0.05, 0) is 25.5 Å². The van der Waals surface area contributed by atoms with Crippen molar-refractivity contribution in [2.75, 3.05) is 5.32 Å². The number of nitrogens with zero attached hydrogens (tertiary/aromatic N) is 2. The van der Waals surface area contributed by atoms with E-state index in [4.69, 9.17) is 0 Å². The van der Waals surface area contributed by atoms with E-state index < -0.39 is 0 Å². The molecule has 0 spiro atoms. The molecule has 0 radical (unpaired) electrons. The van der Waals surface area contributed by atoms with Gasteiger partial charge in [0, 0.05) is 29.7 Å². The molecule has 2 rings (SSSR count). The zero-order valence-electron chi connectivity index (χ0n) is 8.77. The molecule has 0 saturated carbocycles. The lowest BCUT2D eigenvalue weighted by Gasteiger charge is -2.14. The molecule has 0 fully saturated rings. The number of pyridine rings is 1. The Morgan fingerprint density at radius 2 is 2.27 bits per heavy atom. The quantitative estimate of drug-likeness (QED) is 0.862. The lowest BCUT2D eigenvalue weighted by atomic mass is 10.2. The zero-order chi connectivity index (χ0) is 10.7. The summed E-state index contributed by atoms with van der Waals surface area (Å²) in [4.78, 5) is 8.34. The molecule has 2 aromatic heterocycles. The molecule has 78 valence electrons. The summed E-state index contributed by atoms with van der Waals surface area (Å²) in [6.45, 7) is 4.16. The number of hydrogen-bond acceptors (Lipinski definition) is 4. The van der Waals surface area contributed by atoms with Gasteiger partial charge in [0.1, 0.15) is 5.01 Å². The third-order valence-electron chi connectivity index (χ3n) is 2.21. The number of aryl methyl sites for hydroxylation is 1. The normalized spacial score (nSPS) is 12.4. The molecule has 0 bridgehead atoms. The fraction of sp³-hybridized carbons (Fsp3) is 0.273. The average Bonchev–Trinajstić information content (AvgIpc) is 2.74. The molecule has 0 aliphatic rings. The Balaban J connectivity index is 2.13. The number of hydrogen-bond donors (Lipinski definition) is 1. The Kier molecular flexibility index (Phi) is 2.97. The molecule has 1 unspecified atom stereocenters. The van der Waals surface area contributed by atoms with Crippen molar-refractivity contribution in [2.45, 2.75) is 19.9 Å². The van der Waals surface area contributed by atoms with Crippen LogP contribution in [0.15, 0.2) is 30.0 Å². The summed E-state index contributed by atoms with van der Waals surface area (Å²) >= 11 is 1.67. The Hall–Kier alpha value is -1.42. The zero-order valence-corrected chi connectivity index (χ0v) is 9.58. The second kappa shape index (κ2) is 4.40. The highest BCUT2D eigenvalue weighted by Gasteiger charge is 2.08. The molecule has 0 amide bonds. The molecule has 1 atom stereocenters. The van der Waals surface area contributed by atoms with E-state index in [-0.39, 0.29) is 6.04 Å². The van der Waals surface area contributed by atoms with Crippen molar-refractivity contribution in [2.24, 2.45) is 0 Å². The van der Waals surface area contributed by atoms with Gasteiger partial charge in [0.15, 0.2) is 0 Å². The smallest absolute Gasteiger partial charge is 0.115 e. The fourth-order valence-electron chi connectivity index (χ4n) is 1.38. The van der Waals surface area contributed by atoms with Crippen molar-refractivity contribution in [3.8, 4) is 0 Å². The molecule has 0 aromatic carbocycles. The highest BCUT2D eigenvalue weighted by molar-refractivity contribution is 7.09. The van der Waals surface area contributed by atoms with Crippen LogP contribution in [0.1, 0.15) is 23.5 Å². The minimum Gasteiger partial charge on any atom is -0.376 e. The van der Waals surface area contributed by atoms with Gasteiger partial charge in [0.05, 0.1) is 6.04 Å². The first-order chi connectivity index (χ1) is 7.27. The van der Waals surface area contributed by atoms with E-state index >= 15 is 0 Å². The Bertz CT molecular complexity index is 425. The number of rotatable bonds is 3. The third kappa shape index (κ3) is 2.33. The van der Waals surface area contributed by atoms with Crippen molar-refractivity contribution in [1.29, 1.82) is 0 Å². The lowest BCUT2D eigenvalue weighted by Crippen LogP contribution is -2.07. The molecular weight excluding hydrogens is 206 g/mol. The molecule has 4 heteroatoms. The van der Waals surface area contributed by atoms with Crippen LogP contribution in [-0.2, 0) is 0 Å². The highest BCUT2D eigenvalue weighted by Crippen LogP contribution is 2.22. The summed E-state index contributed by atoms with van der Waals surface area (Å²) in [5.74, 6) is 0. The van der Waals surface area contributed by atoms with E-state index in [0.29, 0.717) is 0 Å². The fourth-order valence-corrected chi connectivity index (χ4v) is 2.02. The van der Waals surface area contributed by atoms with Gasteiger partial charge >= 0.3 is 0 Å². The van der Waals surface area contributed by atoms with Crippen LogP contribution >= 0.6 is 11.3 Å². The molecule has 2 heterocycles. The van der Waals surface area contributed by atoms with Gasteiger partial charge in [0.2, 0.25) is 0 Å². The first kappa shape index (κ1) is 10.1. The van der Waals surface area contributed by atoms with Crippen molar-refractivity contribution in [3.05, 3.63) is 40.6 Å². The van der Waals surface area contributed by atoms with E-state index in [2.05, 4.69) is 22.2 Å². The van der Waals surface area contributed by atoms with Gasteiger partial charge in [-0.15, -0.1) is 11.3 Å². The number of thiazole rings is 1. The average molecular weight is 219 g/mol. The van der Waals surface area contributed by atoms with Gasteiger partial charge in [-0.1, -0.05) is 0 Å². The standard InChI is InChI=1S/C11H13N3S/c1-8-7-12-4-3-10(8)14-9(2)11-13-5-6-15-11/h3-7,9H,1-2H3,(H,12,14). The summed E-state index contributed by atoms with van der Waals surface area (Å²) in [5, 5.41) is 6.52. The van der Waals surface area contributed by atoms with Gasteiger partial charge in [-0.25, -0.2) is 4.98 Å². The summed E-state index contributed by atoms with van der Waals surface area (Å²) in [7, 11) is 0. The van der Waals surface area contributed by atoms with Crippen LogP contribution in [0.4, 0.5) is 5.69 Å². The van der Waals surface area contributed by atoms with Crippen LogP contribution in [0, 0.1) is 6.92 Å². The maximum absolute atomic E-state index is 4.28. The first-order valence-corrected chi connectivity index (χ1v) is 5.72. The molecule has 3 nitrogen and oxygen atoms in total. The second-order valence-corrected chi connectivity index (χ2v) is 4.35. The van der Waals surface area contributed by atoms with Crippen molar-refractivity contribution < 1.29 is 0 Å². The van der Waals surface area contributed by atoms with Gasteiger partial charge in [-0.3, -0.25) is 4.98 Å². The van der Waals surface area contributed by atoms with Crippen LogP contribution in [0.25, 0.3) is 0 Å². The second-order valence-electron chi connectivity index (χ2n) is 3.43. The minimum atomic E-state index is 0.242. The largest absolute Gasteiger partial charge is 0.376 e. The summed E-state index contributed by atoms with van der Waals surface area (Å²) in [5.41, 5.74) is 2.27. The van der Waals surface area contributed by atoms with Crippen molar-refractivity contribution >= 4 is 17.0 Å². The van der Waals surface area contributed by atoms with E-state index in [1.807, 2.05) is 30.8 Å². The summed E-state index contributed by atoms with van der Waals surface area (Å²) < 4.78 is 0. The number of nitrogens with one attached hydrogen (secondary N) is 1. The monoisotopic (exact) mass is 219 g/mol. The topological polar surface area (TPSA) is 37.8 Å². The minimum absolute atomic E-state index is 0.242. The Morgan fingerprint density at radius 3 is 2.93 bits per heavy atom. The maximum atomic E-state index is 4.28. The maximum Gasteiger partial charge on any atom is 0.115 e. The van der Waals surface area contributed by atoms with Crippen LogP contribution < -0.4 is 5.32 Å². The Labute approximate surface area is 93.2 Å². The van der Waals surface area contributed by atoms with E-state index in [1.54, 1.807) is 17.5 Å². The first-order valence-electron chi connectivity index (χ1n) is 4.84. The van der Waals surface area contributed by atoms with Crippen LogP contribution in [0.2, 0.25) is 0 Å². The molecule has 0 saturated heterocycles. The van der Waals surface area contributed by atoms with Crippen molar-refractivity contribution in [3.63, 3.8) is 0 Å². The van der Waals surface area contributed by atoms with Gasteiger partial charge in [0.25, 0.3) is 0 Å². The SMILES string of the molecule is Cc1cnccc1NC(C)c1nccs1. The van der Waals surface area contributed by atoms with Crippen LogP contribution in [-0.4, -0.2) is 9.97 Å². The van der Waals surface area contributed by atoms with Gasteiger partial charge < -0.3 is 5.32 Å². The molecule has 2 aromatic rings. The Morgan fingerprint density at radius 1 is 1.40 bits per heavy atom. The summed E-state index contributed by atoms with van der Waals surface area (Å²) in [6.07, 6.45) is 5.48. The predicted molar refractivity (Wildman–Crippen MR) is 63.1 cm³/mol. The van der Waals surface area contributed by atoms with E-state index in [0.717, 1.165) is 16.3 Å². The van der Waals surface area contributed by atoms with E-state index in [1.165, 1.54) is 0 Å². The molecule has 15 heavy (non-hydrogen) atoms. The van der Waals surface area contributed by atoms with Crippen molar-refractivity contribution in [1.82, 2.24) is 9.97 Å².